The fourth-order valence-electron chi connectivity index (χ4n) is 3.72. The van der Waals surface area contributed by atoms with Gasteiger partial charge in [0.05, 0.1) is 5.92 Å². The molecule has 1 aromatic rings. The molecule has 0 unspecified atom stereocenters. The van der Waals surface area contributed by atoms with E-state index in [-0.39, 0.29) is 17.9 Å². The van der Waals surface area contributed by atoms with Crippen LogP contribution >= 0.6 is 0 Å². The molecule has 3 rings (SSSR count). The van der Waals surface area contributed by atoms with E-state index in [1.165, 1.54) is 11.3 Å². The Hall–Kier alpha value is -2.24. The van der Waals surface area contributed by atoms with Gasteiger partial charge in [-0.2, -0.15) is 0 Å². The SMILES string of the molecule is C[C@@H](CNC(=O)[C@H]1CCCN(C(N)=O)C1)N1CCc2ccccc21. The lowest BCUT2D eigenvalue weighted by molar-refractivity contribution is -0.126. The number of para-hydroxylation sites is 1. The summed E-state index contributed by atoms with van der Waals surface area (Å²) in [6, 6.07) is 8.25. The molecule has 1 aromatic carbocycles. The molecule has 0 aliphatic carbocycles. The maximum absolute atomic E-state index is 12.4. The van der Waals surface area contributed by atoms with E-state index in [1.54, 1.807) is 4.90 Å². The average Bonchev–Trinajstić information content (AvgIpc) is 3.03. The number of anilines is 1. The molecule has 2 heterocycles. The van der Waals surface area contributed by atoms with Crippen LogP contribution < -0.4 is 16.0 Å². The van der Waals surface area contributed by atoms with E-state index in [4.69, 9.17) is 5.73 Å². The highest BCUT2D eigenvalue weighted by atomic mass is 16.2. The molecule has 3 N–H and O–H groups in total. The van der Waals surface area contributed by atoms with Gasteiger partial charge in [-0.15, -0.1) is 0 Å². The van der Waals surface area contributed by atoms with Crippen molar-refractivity contribution in [2.45, 2.75) is 32.2 Å². The van der Waals surface area contributed by atoms with Gasteiger partial charge >= 0.3 is 6.03 Å². The van der Waals surface area contributed by atoms with Crippen molar-refractivity contribution >= 4 is 17.6 Å². The predicted octanol–water partition coefficient (Wildman–Crippen LogP) is 1.34. The van der Waals surface area contributed by atoms with Crippen molar-refractivity contribution in [1.82, 2.24) is 10.2 Å². The maximum atomic E-state index is 12.4. The molecule has 2 aliphatic rings. The first kappa shape index (κ1) is 16.6. The highest BCUT2D eigenvalue weighted by Crippen LogP contribution is 2.29. The van der Waals surface area contributed by atoms with Gasteiger partial charge in [0, 0.05) is 37.9 Å². The zero-order chi connectivity index (χ0) is 17.1. The van der Waals surface area contributed by atoms with Crippen LogP contribution in [-0.2, 0) is 11.2 Å². The molecular formula is C18H26N4O2. The minimum absolute atomic E-state index is 0.0280. The van der Waals surface area contributed by atoms with Crippen molar-refractivity contribution < 1.29 is 9.59 Å². The van der Waals surface area contributed by atoms with Crippen molar-refractivity contribution in [1.29, 1.82) is 0 Å². The average molecular weight is 330 g/mol. The van der Waals surface area contributed by atoms with Gasteiger partial charge in [-0.1, -0.05) is 18.2 Å². The first-order valence-corrected chi connectivity index (χ1v) is 8.73. The molecular weight excluding hydrogens is 304 g/mol. The van der Waals surface area contributed by atoms with Crippen molar-refractivity contribution in [3.05, 3.63) is 29.8 Å². The van der Waals surface area contributed by atoms with E-state index in [1.807, 2.05) is 0 Å². The number of piperidine rings is 1. The molecule has 6 heteroatoms. The van der Waals surface area contributed by atoms with Gasteiger partial charge in [-0.25, -0.2) is 4.79 Å². The van der Waals surface area contributed by atoms with Gasteiger partial charge in [-0.05, 0) is 37.8 Å². The highest BCUT2D eigenvalue weighted by Gasteiger charge is 2.28. The van der Waals surface area contributed by atoms with Crippen LogP contribution in [0.3, 0.4) is 0 Å². The van der Waals surface area contributed by atoms with E-state index in [0.717, 1.165) is 25.8 Å². The third kappa shape index (κ3) is 3.47. The highest BCUT2D eigenvalue weighted by molar-refractivity contribution is 5.80. The van der Waals surface area contributed by atoms with Crippen molar-refractivity contribution in [2.24, 2.45) is 11.7 Å². The summed E-state index contributed by atoms with van der Waals surface area (Å²) in [7, 11) is 0. The Balaban J connectivity index is 1.52. The van der Waals surface area contributed by atoms with Crippen LogP contribution in [0.15, 0.2) is 24.3 Å². The molecule has 0 spiro atoms. The number of rotatable bonds is 4. The van der Waals surface area contributed by atoms with E-state index in [2.05, 4.69) is 41.4 Å². The van der Waals surface area contributed by atoms with Crippen LogP contribution in [0, 0.1) is 5.92 Å². The fraction of sp³-hybridized carbons (Fsp3) is 0.556. The fourth-order valence-corrected chi connectivity index (χ4v) is 3.72. The normalized spacial score (nSPS) is 21.3. The molecule has 0 radical (unpaired) electrons. The number of benzene rings is 1. The van der Waals surface area contributed by atoms with Crippen molar-refractivity contribution in [2.75, 3.05) is 31.1 Å². The van der Waals surface area contributed by atoms with Gasteiger partial charge in [0.1, 0.15) is 0 Å². The summed E-state index contributed by atoms with van der Waals surface area (Å²) in [4.78, 5) is 27.6. The molecule has 0 saturated carbocycles. The smallest absolute Gasteiger partial charge is 0.314 e. The van der Waals surface area contributed by atoms with E-state index in [9.17, 15) is 9.59 Å². The van der Waals surface area contributed by atoms with Crippen LogP contribution in [0.5, 0.6) is 0 Å². The van der Waals surface area contributed by atoms with Crippen molar-refractivity contribution in [3.63, 3.8) is 0 Å². The maximum Gasteiger partial charge on any atom is 0.314 e. The van der Waals surface area contributed by atoms with E-state index in [0.29, 0.717) is 19.6 Å². The number of amides is 3. The van der Waals surface area contributed by atoms with Gasteiger partial charge in [0.2, 0.25) is 5.91 Å². The van der Waals surface area contributed by atoms with Crippen LogP contribution in [0.25, 0.3) is 0 Å². The molecule has 6 nitrogen and oxygen atoms in total. The summed E-state index contributed by atoms with van der Waals surface area (Å²) < 4.78 is 0. The van der Waals surface area contributed by atoms with Crippen molar-refractivity contribution in [3.8, 4) is 0 Å². The Labute approximate surface area is 143 Å². The largest absolute Gasteiger partial charge is 0.366 e. The van der Waals surface area contributed by atoms with Gasteiger partial charge < -0.3 is 20.9 Å². The van der Waals surface area contributed by atoms with Gasteiger partial charge in [0.15, 0.2) is 0 Å². The predicted molar refractivity (Wildman–Crippen MR) is 93.8 cm³/mol. The Morgan fingerprint density at radius 2 is 2.12 bits per heavy atom. The Morgan fingerprint density at radius 3 is 2.92 bits per heavy atom. The Kier molecular flexibility index (Phi) is 4.92. The van der Waals surface area contributed by atoms with Crippen LogP contribution in [-0.4, -0.2) is 49.1 Å². The number of hydrogen-bond acceptors (Lipinski definition) is 3. The summed E-state index contributed by atoms with van der Waals surface area (Å²) in [5.41, 5.74) is 7.98. The summed E-state index contributed by atoms with van der Waals surface area (Å²) in [5, 5.41) is 3.06. The number of carbonyl (C=O) groups is 2. The topological polar surface area (TPSA) is 78.7 Å². The number of urea groups is 1. The number of likely N-dealkylation sites (tertiary alicyclic amines) is 1. The number of nitrogens with two attached hydrogens (primary N) is 1. The molecule has 24 heavy (non-hydrogen) atoms. The zero-order valence-electron chi connectivity index (χ0n) is 14.2. The van der Waals surface area contributed by atoms with Crippen LogP contribution in [0.4, 0.5) is 10.5 Å². The number of nitrogens with zero attached hydrogens (tertiary/aromatic N) is 2. The monoisotopic (exact) mass is 330 g/mol. The summed E-state index contributed by atoms with van der Waals surface area (Å²) in [5.74, 6) is -0.121. The third-order valence-electron chi connectivity index (χ3n) is 5.13. The standard InChI is InChI=1S/C18H26N4O2/c1-13(22-10-8-14-5-2-3-7-16(14)22)11-20-17(23)15-6-4-9-21(12-15)18(19)24/h2-3,5,7,13,15H,4,6,8-12H2,1H3,(H2,19,24)(H,20,23)/t13-,15-/m0/s1. The third-order valence-corrected chi connectivity index (χ3v) is 5.13. The lowest BCUT2D eigenvalue weighted by Gasteiger charge is -2.32. The number of primary amides is 1. The molecule has 3 amide bonds. The Morgan fingerprint density at radius 1 is 1.33 bits per heavy atom. The quantitative estimate of drug-likeness (QED) is 0.874. The number of fused-ring (bicyclic) bond motifs is 1. The first-order valence-electron chi connectivity index (χ1n) is 8.73. The summed E-state index contributed by atoms with van der Waals surface area (Å²) >= 11 is 0. The van der Waals surface area contributed by atoms with Crippen LogP contribution in [0.2, 0.25) is 0 Å². The second kappa shape index (κ2) is 7.11. The zero-order valence-corrected chi connectivity index (χ0v) is 14.2. The summed E-state index contributed by atoms with van der Waals surface area (Å²) in [6.07, 6.45) is 2.71. The van der Waals surface area contributed by atoms with Gasteiger partial charge in [0.25, 0.3) is 0 Å². The van der Waals surface area contributed by atoms with E-state index >= 15 is 0 Å². The number of carbonyl (C=O) groups excluding carboxylic acids is 2. The second-order valence-corrected chi connectivity index (χ2v) is 6.79. The number of hydrogen-bond donors (Lipinski definition) is 2. The minimum atomic E-state index is -0.436. The minimum Gasteiger partial charge on any atom is -0.366 e. The molecule has 2 atom stereocenters. The lowest BCUT2D eigenvalue weighted by Crippen LogP contribution is -2.49. The molecule has 1 fully saturated rings. The number of nitrogens with one attached hydrogen (secondary N) is 1. The molecule has 130 valence electrons. The first-order chi connectivity index (χ1) is 11.6. The second-order valence-electron chi connectivity index (χ2n) is 6.79. The molecule has 1 saturated heterocycles. The molecule has 0 bridgehead atoms. The van der Waals surface area contributed by atoms with Crippen LogP contribution in [0.1, 0.15) is 25.3 Å². The lowest BCUT2D eigenvalue weighted by atomic mass is 9.97. The van der Waals surface area contributed by atoms with E-state index < -0.39 is 6.03 Å². The Bertz CT molecular complexity index is 619. The molecule has 0 aromatic heterocycles. The molecule has 2 aliphatic heterocycles. The van der Waals surface area contributed by atoms with Gasteiger partial charge in [-0.3, -0.25) is 4.79 Å². The summed E-state index contributed by atoms with van der Waals surface area (Å²) in [6.45, 7) is 4.83.